The molecule has 62 valence electrons. The molecular formula is C9H15NO. The highest BCUT2D eigenvalue weighted by Gasteiger charge is 2.39. The zero-order valence-corrected chi connectivity index (χ0v) is 7.05. The van der Waals surface area contributed by atoms with Crippen LogP contribution >= 0.6 is 0 Å². The van der Waals surface area contributed by atoms with Gasteiger partial charge in [0.25, 0.3) is 0 Å². The summed E-state index contributed by atoms with van der Waals surface area (Å²) in [5.74, 6) is 1.92. The smallest absolute Gasteiger partial charge is 0.133 e. The van der Waals surface area contributed by atoms with E-state index in [1.54, 1.807) is 0 Å². The normalized spacial score (nSPS) is 38.1. The molecule has 1 heterocycles. The lowest BCUT2D eigenvalue weighted by Gasteiger charge is -2.12. The fourth-order valence-electron chi connectivity index (χ4n) is 2.42. The Labute approximate surface area is 67.6 Å². The molecule has 0 spiro atoms. The lowest BCUT2D eigenvalue weighted by molar-refractivity contribution is -0.118. The molecule has 2 rings (SSSR count). The third-order valence-corrected chi connectivity index (χ3v) is 3.08. The van der Waals surface area contributed by atoms with E-state index in [4.69, 9.17) is 0 Å². The Kier molecular flexibility index (Phi) is 1.72. The fourth-order valence-corrected chi connectivity index (χ4v) is 2.42. The quantitative estimate of drug-likeness (QED) is 0.558. The Hall–Kier alpha value is -0.370. The van der Waals surface area contributed by atoms with Crippen molar-refractivity contribution in [1.29, 1.82) is 0 Å². The highest BCUT2D eigenvalue weighted by atomic mass is 16.1. The summed E-state index contributed by atoms with van der Waals surface area (Å²) in [6.45, 7) is 5.70. The molecule has 0 N–H and O–H groups in total. The molecule has 1 aliphatic heterocycles. The van der Waals surface area contributed by atoms with Crippen LogP contribution in [-0.2, 0) is 4.79 Å². The summed E-state index contributed by atoms with van der Waals surface area (Å²) in [7, 11) is 0. The van der Waals surface area contributed by atoms with Gasteiger partial charge in [0, 0.05) is 25.9 Å². The zero-order valence-electron chi connectivity index (χ0n) is 7.05. The second-order valence-corrected chi connectivity index (χ2v) is 3.82. The number of fused-ring (bicyclic) bond motifs is 1. The zero-order chi connectivity index (χ0) is 7.84. The second kappa shape index (κ2) is 2.59. The largest absolute Gasteiger partial charge is 0.303 e. The Morgan fingerprint density at radius 2 is 1.91 bits per heavy atom. The monoisotopic (exact) mass is 153 g/mol. The average molecular weight is 153 g/mol. The summed E-state index contributed by atoms with van der Waals surface area (Å²) < 4.78 is 0. The molecule has 2 nitrogen and oxygen atoms in total. The third-order valence-electron chi connectivity index (χ3n) is 3.08. The van der Waals surface area contributed by atoms with Gasteiger partial charge in [0.15, 0.2) is 0 Å². The predicted molar refractivity (Wildman–Crippen MR) is 43.3 cm³/mol. The fraction of sp³-hybridized carbons (Fsp3) is 0.889. The molecule has 1 saturated carbocycles. The van der Waals surface area contributed by atoms with Crippen LogP contribution in [0.25, 0.3) is 0 Å². The minimum absolute atomic E-state index is 0.496. The van der Waals surface area contributed by atoms with E-state index in [0.29, 0.717) is 17.6 Å². The van der Waals surface area contributed by atoms with Gasteiger partial charge in [-0.15, -0.1) is 0 Å². The van der Waals surface area contributed by atoms with Crippen LogP contribution in [0.3, 0.4) is 0 Å². The van der Waals surface area contributed by atoms with Crippen molar-refractivity contribution in [3.63, 3.8) is 0 Å². The minimum atomic E-state index is 0.496. The van der Waals surface area contributed by atoms with E-state index in [0.717, 1.165) is 19.4 Å². The first-order chi connectivity index (χ1) is 5.29. The molecule has 2 aliphatic rings. The molecule has 0 aromatic carbocycles. The van der Waals surface area contributed by atoms with Crippen molar-refractivity contribution in [2.45, 2.75) is 19.8 Å². The lowest BCUT2D eigenvalue weighted by atomic mass is 10.0. The first kappa shape index (κ1) is 7.29. The van der Waals surface area contributed by atoms with Crippen molar-refractivity contribution in [3.8, 4) is 0 Å². The Bertz CT molecular complexity index is 162. The van der Waals surface area contributed by atoms with Gasteiger partial charge in [0.2, 0.25) is 0 Å². The van der Waals surface area contributed by atoms with Crippen molar-refractivity contribution < 1.29 is 4.79 Å². The SMILES string of the molecule is CCN1CC2CC(=O)CC2C1. The van der Waals surface area contributed by atoms with Crippen molar-refractivity contribution in [2.24, 2.45) is 11.8 Å². The van der Waals surface area contributed by atoms with Gasteiger partial charge in [0.05, 0.1) is 0 Å². The summed E-state index contributed by atoms with van der Waals surface area (Å²) in [6, 6.07) is 0. The number of hydrogen-bond acceptors (Lipinski definition) is 2. The van der Waals surface area contributed by atoms with E-state index in [2.05, 4.69) is 11.8 Å². The van der Waals surface area contributed by atoms with E-state index in [9.17, 15) is 4.79 Å². The molecule has 0 radical (unpaired) electrons. The molecule has 2 fully saturated rings. The summed E-state index contributed by atoms with van der Waals surface area (Å²) in [5, 5.41) is 0. The number of Topliss-reactive ketones (excluding diaryl/α,β-unsaturated/α-hetero) is 1. The van der Waals surface area contributed by atoms with Crippen LogP contribution in [0.1, 0.15) is 19.8 Å². The summed E-state index contributed by atoms with van der Waals surface area (Å²) in [6.07, 6.45) is 1.72. The molecule has 2 unspecified atom stereocenters. The third kappa shape index (κ3) is 1.20. The number of likely N-dealkylation sites (tertiary alicyclic amines) is 1. The van der Waals surface area contributed by atoms with Crippen LogP contribution in [0.15, 0.2) is 0 Å². The number of rotatable bonds is 1. The van der Waals surface area contributed by atoms with Gasteiger partial charge in [-0.05, 0) is 18.4 Å². The topological polar surface area (TPSA) is 20.3 Å². The van der Waals surface area contributed by atoms with Crippen LogP contribution in [0.2, 0.25) is 0 Å². The molecule has 11 heavy (non-hydrogen) atoms. The highest BCUT2D eigenvalue weighted by molar-refractivity contribution is 5.81. The van der Waals surface area contributed by atoms with Crippen LogP contribution in [0.4, 0.5) is 0 Å². The molecule has 1 saturated heterocycles. The Morgan fingerprint density at radius 3 is 2.36 bits per heavy atom. The number of carbonyl (C=O) groups is 1. The molecule has 1 aliphatic carbocycles. The molecule has 0 amide bonds. The Balaban J connectivity index is 1.98. The van der Waals surface area contributed by atoms with Crippen molar-refractivity contribution in [1.82, 2.24) is 4.90 Å². The van der Waals surface area contributed by atoms with E-state index in [-0.39, 0.29) is 0 Å². The van der Waals surface area contributed by atoms with Gasteiger partial charge < -0.3 is 4.90 Å². The van der Waals surface area contributed by atoms with Gasteiger partial charge >= 0.3 is 0 Å². The van der Waals surface area contributed by atoms with Crippen LogP contribution in [0.5, 0.6) is 0 Å². The Morgan fingerprint density at radius 1 is 1.36 bits per heavy atom. The van der Waals surface area contributed by atoms with Gasteiger partial charge in [-0.1, -0.05) is 6.92 Å². The number of nitrogens with zero attached hydrogens (tertiary/aromatic N) is 1. The van der Waals surface area contributed by atoms with E-state index in [1.165, 1.54) is 13.1 Å². The maximum Gasteiger partial charge on any atom is 0.133 e. The standard InChI is InChI=1S/C9H15NO/c1-2-10-5-7-3-9(11)4-8(7)6-10/h7-8H,2-6H2,1H3. The molecule has 2 atom stereocenters. The maximum absolute atomic E-state index is 11.0. The number of ketones is 1. The van der Waals surface area contributed by atoms with Gasteiger partial charge in [-0.2, -0.15) is 0 Å². The average Bonchev–Trinajstić information content (AvgIpc) is 2.43. The second-order valence-electron chi connectivity index (χ2n) is 3.82. The lowest BCUT2D eigenvalue weighted by Crippen LogP contribution is -2.21. The number of carbonyl (C=O) groups excluding carboxylic acids is 1. The van der Waals surface area contributed by atoms with Gasteiger partial charge in [-0.3, -0.25) is 4.79 Å². The highest BCUT2D eigenvalue weighted by Crippen LogP contribution is 2.35. The first-order valence-electron chi connectivity index (χ1n) is 4.53. The van der Waals surface area contributed by atoms with Crippen molar-refractivity contribution in [2.75, 3.05) is 19.6 Å². The van der Waals surface area contributed by atoms with Crippen LogP contribution in [-0.4, -0.2) is 30.3 Å². The van der Waals surface area contributed by atoms with Crippen molar-refractivity contribution in [3.05, 3.63) is 0 Å². The number of hydrogen-bond donors (Lipinski definition) is 0. The summed E-state index contributed by atoms with van der Waals surface area (Å²) in [4.78, 5) is 13.5. The van der Waals surface area contributed by atoms with E-state index in [1.807, 2.05) is 0 Å². The predicted octanol–water partition coefficient (Wildman–Crippen LogP) is 0.917. The maximum atomic E-state index is 11.0. The minimum Gasteiger partial charge on any atom is -0.303 e. The van der Waals surface area contributed by atoms with Crippen LogP contribution < -0.4 is 0 Å². The molecular weight excluding hydrogens is 138 g/mol. The molecule has 0 bridgehead atoms. The summed E-state index contributed by atoms with van der Waals surface area (Å²) >= 11 is 0. The summed E-state index contributed by atoms with van der Waals surface area (Å²) in [5.41, 5.74) is 0. The van der Waals surface area contributed by atoms with Gasteiger partial charge in [0.1, 0.15) is 5.78 Å². The van der Waals surface area contributed by atoms with Crippen LogP contribution in [0, 0.1) is 11.8 Å². The first-order valence-corrected chi connectivity index (χ1v) is 4.53. The van der Waals surface area contributed by atoms with E-state index < -0.39 is 0 Å². The van der Waals surface area contributed by atoms with Gasteiger partial charge in [-0.25, -0.2) is 0 Å². The molecule has 0 aromatic heterocycles. The van der Waals surface area contributed by atoms with E-state index >= 15 is 0 Å². The molecule has 0 aromatic rings. The van der Waals surface area contributed by atoms with Crippen molar-refractivity contribution >= 4 is 5.78 Å². The molecule has 2 heteroatoms.